The number of ether oxygens (including phenoxy) is 1. The highest BCUT2D eigenvalue weighted by atomic mass is 16.5. The number of nitrogens with two attached hydrogens (primary N) is 1. The van der Waals surface area contributed by atoms with Gasteiger partial charge in [0.15, 0.2) is 0 Å². The van der Waals surface area contributed by atoms with Crippen molar-refractivity contribution in [3.8, 4) is 0 Å². The van der Waals surface area contributed by atoms with Crippen molar-refractivity contribution >= 4 is 11.8 Å². The molecule has 1 fully saturated rings. The standard InChI is InChI=1S/C10H16N2O3/c1-2-15-5-3-4-12-7-8(10(11)14)6-9(12)13/h2,8H,1,3-7H2,(H2,11,14). The summed E-state index contributed by atoms with van der Waals surface area (Å²) >= 11 is 0. The molecule has 1 heterocycles. The summed E-state index contributed by atoms with van der Waals surface area (Å²) in [6.07, 6.45) is 2.36. The lowest BCUT2D eigenvalue weighted by Gasteiger charge is -2.15. The summed E-state index contributed by atoms with van der Waals surface area (Å²) < 4.78 is 4.94. The van der Waals surface area contributed by atoms with E-state index < -0.39 is 5.91 Å². The zero-order valence-corrected chi connectivity index (χ0v) is 8.65. The van der Waals surface area contributed by atoms with Gasteiger partial charge in [-0.15, -0.1) is 0 Å². The minimum Gasteiger partial charge on any atom is -0.502 e. The summed E-state index contributed by atoms with van der Waals surface area (Å²) in [4.78, 5) is 23.9. The van der Waals surface area contributed by atoms with Gasteiger partial charge in [0.1, 0.15) is 0 Å². The van der Waals surface area contributed by atoms with Crippen molar-refractivity contribution in [1.82, 2.24) is 4.90 Å². The van der Waals surface area contributed by atoms with Gasteiger partial charge >= 0.3 is 0 Å². The molecule has 0 aromatic heterocycles. The Morgan fingerprint density at radius 2 is 2.47 bits per heavy atom. The molecule has 0 bridgehead atoms. The Labute approximate surface area is 88.9 Å². The van der Waals surface area contributed by atoms with Gasteiger partial charge in [-0.25, -0.2) is 0 Å². The maximum Gasteiger partial charge on any atom is 0.223 e. The van der Waals surface area contributed by atoms with Crippen molar-refractivity contribution in [2.45, 2.75) is 12.8 Å². The van der Waals surface area contributed by atoms with E-state index in [-0.39, 0.29) is 18.2 Å². The van der Waals surface area contributed by atoms with Crippen LogP contribution >= 0.6 is 0 Å². The fourth-order valence-corrected chi connectivity index (χ4v) is 1.60. The smallest absolute Gasteiger partial charge is 0.223 e. The Bertz CT molecular complexity index is 265. The van der Waals surface area contributed by atoms with Gasteiger partial charge in [0, 0.05) is 19.5 Å². The lowest BCUT2D eigenvalue weighted by Crippen LogP contribution is -2.29. The molecule has 1 aliphatic rings. The SMILES string of the molecule is C=COCCCN1CC(C(N)=O)CC1=O. The highest BCUT2D eigenvalue weighted by Crippen LogP contribution is 2.17. The zero-order valence-electron chi connectivity index (χ0n) is 8.65. The van der Waals surface area contributed by atoms with Crippen LogP contribution in [0.25, 0.3) is 0 Å². The molecule has 0 saturated carbocycles. The molecule has 1 atom stereocenters. The molecule has 0 spiro atoms. The Hall–Kier alpha value is -1.52. The molecule has 5 heteroatoms. The lowest BCUT2D eigenvalue weighted by atomic mass is 10.1. The number of primary amides is 1. The molecule has 84 valence electrons. The van der Waals surface area contributed by atoms with Crippen LogP contribution in [0.4, 0.5) is 0 Å². The molecule has 0 aliphatic carbocycles. The van der Waals surface area contributed by atoms with Crippen LogP contribution < -0.4 is 5.73 Å². The molecule has 15 heavy (non-hydrogen) atoms. The molecule has 2 N–H and O–H groups in total. The molecule has 0 radical (unpaired) electrons. The fraction of sp³-hybridized carbons (Fsp3) is 0.600. The third kappa shape index (κ3) is 3.27. The quantitative estimate of drug-likeness (QED) is 0.492. The monoisotopic (exact) mass is 212 g/mol. The zero-order chi connectivity index (χ0) is 11.3. The van der Waals surface area contributed by atoms with Crippen LogP contribution in [-0.4, -0.2) is 36.4 Å². The second kappa shape index (κ2) is 5.38. The Balaban J connectivity index is 2.28. The number of carbonyl (C=O) groups excluding carboxylic acids is 2. The maximum atomic E-state index is 11.4. The first kappa shape index (κ1) is 11.6. The van der Waals surface area contributed by atoms with E-state index in [2.05, 4.69) is 6.58 Å². The molecule has 5 nitrogen and oxygen atoms in total. The molecule has 0 aromatic rings. The van der Waals surface area contributed by atoms with Crippen molar-refractivity contribution in [2.24, 2.45) is 11.7 Å². The number of amides is 2. The van der Waals surface area contributed by atoms with Crippen LogP contribution in [0, 0.1) is 5.92 Å². The topological polar surface area (TPSA) is 72.6 Å². The average Bonchev–Trinajstić information content (AvgIpc) is 2.55. The largest absolute Gasteiger partial charge is 0.502 e. The third-order valence-electron chi connectivity index (χ3n) is 2.42. The lowest BCUT2D eigenvalue weighted by molar-refractivity contribution is -0.128. The van der Waals surface area contributed by atoms with Gasteiger partial charge < -0.3 is 15.4 Å². The predicted molar refractivity (Wildman–Crippen MR) is 54.6 cm³/mol. The molecular weight excluding hydrogens is 196 g/mol. The van der Waals surface area contributed by atoms with Crippen molar-refractivity contribution in [3.05, 3.63) is 12.8 Å². The minimum absolute atomic E-state index is 0.00240. The van der Waals surface area contributed by atoms with E-state index in [1.807, 2.05) is 0 Å². The van der Waals surface area contributed by atoms with E-state index in [9.17, 15) is 9.59 Å². The van der Waals surface area contributed by atoms with E-state index in [0.29, 0.717) is 19.7 Å². The number of hydrogen-bond donors (Lipinski definition) is 1. The highest BCUT2D eigenvalue weighted by Gasteiger charge is 2.32. The van der Waals surface area contributed by atoms with Crippen molar-refractivity contribution in [2.75, 3.05) is 19.7 Å². The van der Waals surface area contributed by atoms with Gasteiger partial charge in [0.2, 0.25) is 11.8 Å². The number of rotatable bonds is 6. The summed E-state index contributed by atoms with van der Waals surface area (Å²) in [5.41, 5.74) is 5.14. The predicted octanol–water partition coefficient (Wildman–Crippen LogP) is -0.130. The van der Waals surface area contributed by atoms with E-state index in [4.69, 9.17) is 10.5 Å². The fourth-order valence-electron chi connectivity index (χ4n) is 1.60. The molecule has 1 unspecified atom stereocenters. The molecule has 1 rings (SSSR count). The third-order valence-corrected chi connectivity index (χ3v) is 2.42. The van der Waals surface area contributed by atoms with Crippen molar-refractivity contribution in [1.29, 1.82) is 0 Å². The van der Waals surface area contributed by atoms with E-state index >= 15 is 0 Å². The van der Waals surface area contributed by atoms with Gasteiger partial charge in [-0.2, -0.15) is 0 Å². The van der Waals surface area contributed by atoms with Gasteiger partial charge in [-0.05, 0) is 6.42 Å². The average molecular weight is 212 g/mol. The van der Waals surface area contributed by atoms with Gasteiger partial charge in [-0.3, -0.25) is 9.59 Å². The van der Waals surface area contributed by atoms with Crippen LogP contribution in [0.5, 0.6) is 0 Å². The van der Waals surface area contributed by atoms with E-state index in [1.165, 1.54) is 6.26 Å². The first-order valence-corrected chi connectivity index (χ1v) is 4.94. The number of carbonyl (C=O) groups is 2. The molecule has 1 saturated heterocycles. The minimum atomic E-state index is -0.395. The summed E-state index contributed by atoms with van der Waals surface area (Å²) in [5.74, 6) is -0.719. The highest BCUT2D eigenvalue weighted by molar-refractivity contribution is 5.88. The van der Waals surface area contributed by atoms with Gasteiger partial charge in [-0.1, -0.05) is 6.58 Å². The normalized spacial score (nSPS) is 20.4. The van der Waals surface area contributed by atoms with Gasteiger partial charge in [0.05, 0.1) is 18.8 Å². The summed E-state index contributed by atoms with van der Waals surface area (Å²) in [6, 6.07) is 0. The van der Waals surface area contributed by atoms with Gasteiger partial charge in [0.25, 0.3) is 0 Å². The number of hydrogen-bond acceptors (Lipinski definition) is 3. The second-order valence-corrected chi connectivity index (χ2v) is 3.53. The molecular formula is C10H16N2O3. The van der Waals surface area contributed by atoms with E-state index in [0.717, 1.165) is 6.42 Å². The first-order chi connectivity index (χ1) is 7.15. The van der Waals surface area contributed by atoms with Crippen molar-refractivity contribution in [3.63, 3.8) is 0 Å². The second-order valence-electron chi connectivity index (χ2n) is 3.53. The summed E-state index contributed by atoms with van der Waals surface area (Å²) in [5, 5.41) is 0. The molecule has 0 aromatic carbocycles. The summed E-state index contributed by atoms with van der Waals surface area (Å²) in [7, 11) is 0. The molecule has 1 aliphatic heterocycles. The Kier molecular flexibility index (Phi) is 4.15. The number of nitrogens with zero attached hydrogens (tertiary/aromatic N) is 1. The van der Waals surface area contributed by atoms with Crippen LogP contribution in [-0.2, 0) is 14.3 Å². The van der Waals surface area contributed by atoms with Crippen molar-refractivity contribution < 1.29 is 14.3 Å². The molecule has 2 amide bonds. The maximum absolute atomic E-state index is 11.4. The van der Waals surface area contributed by atoms with Crippen LogP contribution in [0.2, 0.25) is 0 Å². The van der Waals surface area contributed by atoms with E-state index in [1.54, 1.807) is 4.90 Å². The van der Waals surface area contributed by atoms with Crippen LogP contribution in [0.1, 0.15) is 12.8 Å². The first-order valence-electron chi connectivity index (χ1n) is 4.94. The van der Waals surface area contributed by atoms with Crippen LogP contribution in [0.15, 0.2) is 12.8 Å². The Morgan fingerprint density at radius 3 is 3.00 bits per heavy atom. The summed E-state index contributed by atoms with van der Waals surface area (Å²) in [6.45, 7) is 5.01. The number of likely N-dealkylation sites (tertiary alicyclic amines) is 1. The Morgan fingerprint density at radius 1 is 1.73 bits per heavy atom. The van der Waals surface area contributed by atoms with Crippen LogP contribution in [0.3, 0.4) is 0 Å².